The minimum absolute atomic E-state index is 0.105. The first-order valence-electron chi connectivity index (χ1n) is 3.57. The molecule has 0 heterocycles. The highest BCUT2D eigenvalue weighted by Crippen LogP contribution is 2.38. The number of allylic oxidation sites excluding steroid dienone is 2. The van der Waals surface area contributed by atoms with Crippen LogP contribution in [0, 0.1) is 0 Å². The van der Waals surface area contributed by atoms with Crippen molar-refractivity contribution in [3.05, 3.63) is 11.6 Å². The lowest BCUT2D eigenvalue weighted by Crippen LogP contribution is -2.07. The molecule has 0 spiro atoms. The van der Waals surface area contributed by atoms with Gasteiger partial charge in [0, 0.05) is 12.8 Å². The Morgan fingerprint density at radius 2 is 2.27 bits per heavy atom. The van der Waals surface area contributed by atoms with Crippen molar-refractivity contribution in [3.63, 3.8) is 0 Å². The molecular weight excluding hydrogens is 150 g/mol. The maximum Gasteiger partial charge on any atom is 0.252 e. The Bertz CT molecular complexity index is 206. The molecule has 0 radical (unpaired) electrons. The highest BCUT2D eigenvalue weighted by molar-refractivity contribution is 5.88. The van der Waals surface area contributed by atoms with E-state index >= 15 is 0 Å². The first-order chi connectivity index (χ1) is 4.99. The van der Waals surface area contributed by atoms with Gasteiger partial charge in [-0.1, -0.05) is 5.57 Å². The molecule has 62 valence electrons. The Hall–Kier alpha value is -0.730. The number of alkyl halides is 2. The summed E-state index contributed by atoms with van der Waals surface area (Å²) < 4.78 is 25.0. The topological polar surface area (TPSA) is 17.1 Å². The fourth-order valence-corrected chi connectivity index (χ4v) is 1.26. The number of carbonyl (C=O) groups excluding carboxylic acids is 1. The normalized spacial score (nSPS) is 25.9. The molecule has 0 amide bonds. The van der Waals surface area contributed by atoms with E-state index in [9.17, 15) is 13.6 Å². The van der Waals surface area contributed by atoms with Crippen LogP contribution < -0.4 is 0 Å². The van der Waals surface area contributed by atoms with Gasteiger partial charge < -0.3 is 0 Å². The standard InChI is InChI=1S/C8H10F2O/c1-6(11)4-7-2-3-8(9,10)5-7/h4H,2-3,5H2,1H3. The Morgan fingerprint density at radius 1 is 1.64 bits per heavy atom. The van der Waals surface area contributed by atoms with Crippen LogP contribution in [-0.2, 0) is 4.79 Å². The molecule has 0 aromatic heterocycles. The molecule has 0 aromatic rings. The molecular formula is C8H10F2O. The van der Waals surface area contributed by atoms with Gasteiger partial charge in [-0.2, -0.15) is 0 Å². The Balaban J connectivity index is 2.61. The van der Waals surface area contributed by atoms with Crippen LogP contribution >= 0.6 is 0 Å². The van der Waals surface area contributed by atoms with Gasteiger partial charge in [-0.15, -0.1) is 0 Å². The van der Waals surface area contributed by atoms with Crippen LogP contribution in [0.15, 0.2) is 11.6 Å². The summed E-state index contributed by atoms with van der Waals surface area (Å²) in [6.45, 7) is 1.38. The predicted octanol–water partition coefficient (Wildman–Crippen LogP) is 2.32. The van der Waals surface area contributed by atoms with Crippen LogP contribution in [0.1, 0.15) is 26.2 Å². The second-order valence-corrected chi connectivity index (χ2v) is 2.95. The molecule has 0 saturated heterocycles. The van der Waals surface area contributed by atoms with Gasteiger partial charge in [-0.3, -0.25) is 4.79 Å². The van der Waals surface area contributed by atoms with E-state index in [-0.39, 0.29) is 18.6 Å². The van der Waals surface area contributed by atoms with Gasteiger partial charge in [0.25, 0.3) is 5.92 Å². The molecule has 0 bridgehead atoms. The zero-order valence-electron chi connectivity index (χ0n) is 6.36. The van der Waals surface area contributed by atoms with Gasteiger partial charge in [-0.25, -0.2) is 8.78 Å². The quantitative estimate of drug-likeness (QED) is 0.538. The SMILES string of the molecule is CC(=O)C=C1CCC(F)(F)C1. The molecule has 0 aliphatic heterocycles. The van der Waals surface area contributed by atoms with E-state index in [4.69, 9.17) is 0 Å². The average Bonchev–Trinajstić information content (AvgIpc) is 2.08. The number of rotatable bonds is 1. The van der Waals surface area contributed by atoms with E-state index in [1.165, 1.54) is 13.0 Å². The van der Waals surface area contributed by atoms with Gasteiger partial charge in [0.1, 0.15) is 0 Å². The van der Waals surface area contributed by atoms with Crippen LogP contribution in [0.2, 0.25) is 0 Å². The third-order valence-electron chi connectivity index (χ3n) is 1.70. The number of halogens is 2. The molecule has 1 fully saturated rings. The van der Waals surface area contributed by atoms with Crippen LogP contribution in [-0.4, -0.2) is 11.7 Å². The van der Waals surface area contributed by atoms with E-state index in [1.807, 2.05) is 0 Å². The summed E-state index contributed by atoms with van der Waals surface area (Å²) >= 11 is 0. The molecule has 1 aliphatic rings. The van der Waals surface area contributed by atoms with E-state index in [1.54, 1.807) is 0 Å². The predicted molar refractivity (Wildman–Crippen MR) is 37.6 cm³/mol. The molecule has 0 N–H and O–H groups in total. The van der Waals surface area contributed by atoms with Crippen molar-refractivity contribution >= 4 is 5.78 Å². The largest absolute Gasteiger partial charge is 0.295 e. The summed E-state index contributed by atoms with van der Waals surface area (Å²) in [5, 5.41) is 0. The van der Waals surface area contributed by atoms with E-state index in [2.05, 4.69) is 0 Å². The molecule has 0 aromatic carbocycles. The molecule has 1 rings (SSSR count). The fraction of sp³-hybridized carbons (Fsp3) is 0.625. The summed E-state index contributed by atoms with van der Waals surface area (Å²) in [7, 11) is 0. The van der Waals surface area contributed by atoms with Crippen molar-refractivity contribution in [1.82, 2.24) is 0 Å². The maximum absolute atomic E-state index is 12.5. The van der Waals surface area contributed by atoms with E-state index in [0.29, 0.717) is 12.0 Å². The highest BCUT2D eigenvalue weighted by atomic mass is 19.3. The first-order valence-corrected chi connectivity index (χ1v) is 3.57. The van der Waals surface area contributed by atoms with Crippen molar-refractivity contribution in [2.75, 3.05) is 0 Å². The monoisotopic (exact) mass is 160 g/mol. The van der Waals surface area contributed by atoms with Crippen molar-refractivity contribution in [2.24, 2.45) is 0 Å². The third kappa shape index (κ3) is 2.41. The second kappa shape index (κ2) is 2.72. The fourth-order valence-electron chi connectivity index (χ4n) is 1.26. The Labute approximate surface area is 64.1 Å². The van der Waals surface area contributed by atoms with Gasteiger partial charge in [0.15, 0.2) is 5.78 Å². The summed E-state index contributed by atoms with van der Waals surface area (Å²) in [5.74, 6) is -2.71. The van der Waals surface area contributed by atoms with Crippen LogP contribution in [0.3, 0.4) is 0 Å². The van der Waals surface area contributed by atoms with Gasteiger partial charge in [0.05, 0.1) is 0 Å². The molecule has 11 heavy (non-hydrogen) atoms. The first kappa shape index (κ1) is 8.37. The lowest BCUT2D eigenvalue weighted by molar-refractivity contribution is -0.112. The summed E-state index contributed by atoms with van der Waals surface area (Å²) in [6.07, 6.45) is 1.35. The van der Waals surface area contributed by atoms with Crippen LogP contribution in [0.4, 0.5) is 8.78 Å². The minimum atomic E-state index is -2.57. The van der Waals surface area contributed by atoms with Crippen molar-refractivity contribution in [1.29, 1.82) is 0 Å². The summed E-state index contributed by atoms with van der Waals surface area (Å²) in [5.41, 5.74) is 0.586. The van der Waals surface area contributed by atoms with Crippen molar-refractivity contribution in [2.45, 2.75) is 32.1 Å². The van der Waals surface area contributed by atoms with Gasteiger partial charge >= 0.3 is 0 Å². The zero-order valence-corrected chi connectivity index (χ0v) is 6.36. The number of carbonyl (C=O) groups is 1. The van der Waals surface area contributed by atoms with Crippen LogP contribution in [0.25, 0.3) is 0 Å². The third-order valence-corrected chi connectivity index (χ3v) is 1.70. The van der Waals surface area contributed by atoms with Gasteiger partial charge in [-0.05, 0) is 19.4 Å². The summed E-state index contributed by atoms with van der Waals surface area (Å²) in [4.78, 5) is 10.5. The highest BCUT2D eigenvalue weighted by Gasteiger charge is 2.35. The number of hydrogen-bond acceptors (Lipinski definition) is 1. The minimum Gasteiger partial charge on any atom is -0.295 e. The smallest absolute Gasteiger partial charge is 0.252 e. The Kier molecular flexibility index (Phi) is 2.07. The molecule has 3 heteroatoms. The lowest BCUT2D eigenvalue weighted by atomic mass is 10.2. The molecule has 1 saturated carbocycles. The van der Waals surface area contributed by atoms with Gasteiger partial charge in [0.2, 0.25) is 0 Å². The van der Waals surface area contributed by atoms with E-state index in [0.717, 1.165) is 0 Å². The second-order valence-electron chi connectivity index (χ2n) is 2.95. The number of hydrogen-bond donors (Lipinski definition) is 0. The lowest BCUT2D eigenvalue weighted by Gasteiger charge is -2.03. The maximum atomic E-state index is 12.5. The number of ketones is 1. The van der Waals surface area contributed by atoms with E-state index < -0.39 is 5.92 Å². The zero-order chi connectivity index (χ0) is 8.48. The van der Waals surface area contributed by atoms with Crippen molar-refractivity contribution < 1.29 is 13.6 Å². The van der Waals surface area contributed by atoms with Crippen LogP contribution in [0.5, 0.6) is 0 Å². The molecule has 1 aliphatic carbocycles. The Morgan fingerprint density at radius 3 is 2.64 bits per heavy atom. The molecule has 0 atom stereocenters. The average molecular weight is 160 g/mol. The van der Waals surface area contributed by atoms with Crippen molar-refractivity contribution in [3.8, 4) is 0 Å². The molecule has 1 nitrogen and oxygen atoms in total. The molecule has 0 unspecified atom stereocenters. The summed E-state index contributed by atoms with van der Waals surface area (Å²) in [6, 6.07) is 0.